The van der Waals surface area contributed by atoms with Gasteiger partial charge in [-0.1, -0.05) is 5.57 Å². The van der Waals surface area contributed by atoms with Crippen LogP contribution in [0, 0.1) is 0 Å². The first-order chi connectivity index (χ1) is 12.0. The van der Waals surface area contributed by atoms with Crippen LogP contribution in [0.2, 0.25) is 0 Å². The first-order valence-corrected chi connectivity index (χ1v) is 7.88. The number of rotatable bonds is 7. The van der Waals surface area contributed by atoms with Gasteiger partial charge in [0.25, 0.3) is 0 Å². The molecule has 0 unspecified atom stereocenters. The Bertz CT molecular complexity index is 751. The van der Waals surface area contributed by atoms with E-state index in [4.69, 9.17) is 9.47 Å². The van der Waals surface area contributed by atoms with Crippen LogP contribution in [0.1, 0.15) is 19.4 Å². The molecule has 0 radical (unpaired) electrons. The summed E-state index contributed by atoms with van der Waals surface area (Å²) in [6.45, 7) is 4.31. The number of allylic oxidation sites excluding steroid dienone is 1. The monoisotopic (exact) mass is 341 g/mol. The highest BCUT2D eigenvalue weighted by atomic mass is 16.5. The van der Waals surface area contributed by atoms with Gasteiger partial charge < -0.3 is 20.1 Å². The van der Waals surface area contributed by atoms with E-state index in [9.17, 15) is 4.79 Å². The molecule has 132 valence electrons. The fraction of sp³-hybridized carbons (Fsp3) is 0.263. The Kier molecular flexibility index (Phi) is 6.39. The lowest BCUT2D eigenvalue weighted by Gasteiger charge is -2.12. The molecule has 0 aliphatic heterocycles. The number of carbonyl (C=O) groups is 1. The van der Waals surface area contributed by atoms with Crippen LogP contribution in [0.25, 0.3) is 0 Å². The number of benzene rings is 1. The van der Waals surface area contributed by atoms with Crippen LogP contribution < -0.4 is 20.1 Å². The number of hydrogen-bond acceptors (Lipinski definition) is 5. The zero-order chi connectivity index (χ0) is 18.2. The van der Waals surface area contributed by atoms with Gasteiger partial charge in [0.15, 0.2) is 0 Å². The van der Waals surface area contributed by atoms with Crippen molar-refractivity contribution in [3.63, 3.8) is 0 Å². The van der Waals surface area contributed by atoms with E-state index in [1.165, 1.54) is 0 Å². The number of nitrogens with one attached hydrogen (secondary N) is 2. The van der Waals surface area contributed by atoms with Crippen LogP contribution in [0.4, 0.5) is 11.5 Å². The molecule has 6 heteroatoms. The molecule has 0 saturated carbocycles. The number of carbonyl (C=O) groups excluding carboxylic acids is 1. The number of hydrogen-bond donors (Lipinski definition) is 2. The molecule has 1 heterocycles. The van der Waals surface area contributed by atoms with E-state index >= 15 is 0 Å². The maximum Gasteiger partial charge on any atom is 0.248 e. The molecule has 2 aromatic rings. The smallest absolute Gasteiger partial charge is 0.248 e. The van der Waals surface area contributed by atoms with E-state index < -0.39 is 0 Å². The van der Waals surface area contributed by atoms with E-state index in [2.05, 4.69) is 15.6 Å². The summed E-state index contributed by atoms with van der Waals surface area (Å²) in [4.78, 5) is 16.0. The quantitative estimate of drug-likeness (QED) is 0.753. The minimum absolute atomic E-state index is 0.162. The number of anilines is 2. The van der Waals surface area contributed by atoms with E-state index in [0.717, 1.165) is 22.6 Å². The molecular weight excluding hydrogens is 318 g/mol. The number of aromatic nitrogens is 1. The number of methoxy groups -OCH3 is 2. The summed E-state index contributed by atoms with van der Waals surface area (Å²) in [5, 5.41) is 6.00. The number of pyridine rings is 1. The average molecular weight is 341 g/mol. The third-order valence-electron chi connectivity index (χ3n) is 3.40. The van der Waals surface area contributed by atoms with E-state index in [1.807, 2.05) is 38.1 Å². The minimum Gasteiger partial charge on any atom is -0.497 e. The van der Waals surface area contributed by atoms with Gasteiger partial charge in [0, 0.05) is 24.3 Å². The molecule has 25 heavy (non-hydrogen) atoms. The minimum atomic E-state index is -0.162. The predicted octanol–water partition coefficient (Wildman–Crippen LogP) is 3.62. The van der Waals surface area contributed by atoms with Crippen molar-refractivity contribution in [2.45, 2.75) is 20.4 Å². The van der Waals surface area contributed by atoms with Gasteiger partial charge in [-0.15, -0.1) is 0 Å². The van der Waals surface area contributed by atoms with Crippen molar-refractivity contribution in [2.24, 2.45) is 0 Å². The fourth-order valence-electron chi connectivity index (χ4n) is 2.20. The summed E-state index contributed by atoms with van der Waals surface area (Å²) in [5.41, 5.74) is 2.58. The van der Waals surface area contributed by atoms with Crippen LogP contribution in [0.3, 0.4) is 0 Å². The van der Waals surface area contributed by atoms with Crippen LogP contribution >= 0.6 is 0 Å². The molecule has 1 aromatic heterocycles. The van der Waals surface area contributed by atoms with E-state index in [-0.39, 0.29) is 5.91 Å². The van der Waals surface area contributed by atoms with Crippen LogP contribution in [0.15, 0.2) is 48.2 Å². The molecule has 1 aromatic carbocycles. The first kappa shape index (κ1) is 18.3. The van der Waals surface area contributed by atoms with E-state index in [0.29, 0.717) is 18.1 Å². The molecule has 0 atom stereocenters. The number of nitrogens with zero attached hydrogens (tertiary/aromatic N) is 1. The Morgan fingerprint density at radius 3 is 2.56 bits per heavy atom. The second kappa shape index (κ2) is 8.73. The Labute approximate surface area is 147 Å². The van der Waals surface area contributed by atoms with Crippen molar-refractivity contribution in [2.75, 3.05) is 24.9 Å². The zero-order valence-electron chi connectivity index (χ0n) is 14.9. The molecule has 0 aliphatic rings. The fourth-order valence-corrected chi connectivity index (χ4v) is 2.20. The molecule has 0 saturated heterocycles. The van der Waals surface area contributed by atoms with Crippen molar-refractivity contribution in [3.05, 3.63) is 53.7 Å². The molecule has 2 N–H and O–H groups in total. The normalized spacial score (nSPS) is 9.92. The molecule has 2 rings (SSSR count). The topological polar surface area (TPSA) is 72.5 Å². The van der Waals surface area contributed by atoms with Gasteiger partial charge >= 0.3 is 0 Å². The second-order valence-electron chi connectivity index (χ2n) is 5.67. The van der Waals surface area contributed by atoms with Gasteiger partial charge in [-0.05, 0) is 38.1 Å². The lowest BCUT2D eigenvalue weighted by atomic mass is 10.2. The molecule has 0 aliphatic carbocycles. The molecule has 0 bridgehead atoms. The summed E-state index contributed by atoms with van der Waals surface area (Å²) < 4.78 is 10.6. The largest absolute Gasteiger partial charge is 0.497 e. The predicted molar refractivity (Wildman–Crippen MR) is 99.2 cm³/mol. The Morgan fingerprint density at radius 1 is 1.16 bits per heavy atom. The summed E-state index contributed by atoms with van der Waals surface area (Å²) in [5.74, 6) is 2.04. The van der Waals surface area contributed by atoms with Crippen LogP contribution in [-0.2, 0) is 11.3 Å². The first-order valence-electron chi connectivity index (χ1n) is 7.88. The number of ether oxygens (including phenoxy) is 2. The van der Waals surface area contributed by atoms with Crippen molar-refractivity contribution in [1.29, 1.82) is 0 Å². The molecule has 0 spiro atoms. The van der Waals surface area contributed by atoms with Gasteiger partial charge in [-0.25, -0.2) is 4.98 Å². The Balaban J connectivity index is 1.98. The Morgan fingerprint density at radius 2 is 1.96 bits per heavy atom. The summed E-state index contributed by atoms with van der Waals surface area (Å²) >= 11 is 0. The SMILES string of the molecule is COc1ccc(CNc2ccc(NC(=O)C=C(C)C)cn2)c(OC)c1. The maximum absolute atomic E-state index is 11.7. The summed E-state index contributed by atoms with van der Waals surface area (Å²) in [6, 6.07) is 9.28. The lowest BCUT2D eigenvalue weighted by molar-refractivity contribution is -0.111. The van der Waals surface area contributed by atoms with Gasteiger partial charge in [0.05, 0.1) is 26.1 Å². The Hall–Kier alpha value is -3.02. The van der Waals surface area contributed by atoms with Crippen molar-refractivity contribution >= 4 is 17.4 Å². The third kappa shape index (κ3) is 5.53. The molecule has 6 nitrogen and oxygen atoms in total. The van der Waals surface area contributed by atoms with Gasteiger partial charge in [-0.3, -0.25) is 4.79 Å². The standard InChI is InChI=1S/C19H23N3O3/c1-13(2)9-19(23)22-15-6-8-18(21-12-15)20-11-14-5-7-16(24-3)10-17(14)25-4/h5-10,12H,11H2,1-4H3,(H,20,21)(H,22,23). The second-order valence-corrected chi connectivity index (χ2v) is 5.67. The summed E-state index contributed by atoms with van der Waals surface area (Å²) in [6.07, 6.45) is 3.16. The van der Waals surface area contributed by atoms with Gasteiger partial charge in [0.1, 0.15) is 17.3 Å². The molecular formula is C19H23N3O3. The average Bonchev–Trinajstić information content (AvgIpc) is 2.60. The third-order valence-corrected chi connectivity index (χ3v) is 3.40. The lowest BCUT2D eigenvalue weighted by Crippen LogP contribution is -2.09. The van der Waals surface area contributed by atoms with Crippen molar-refractivity contribution < 1.29 is 14.3 Å². The highest BCUT2D eigenvalue weighted by Gasteiger charge is 2.06. The molecule has 1 amide bonds. The van der Waals surface area contributed by atoms with Gasteiger partial charge in [-0.2, -0.15) is 0 Å². The zero-order valence-corrected chi connectivity index (χ0v) is 14.9. The number of amides is 1. The highest BCUT2D eigenvalue weighted by molar-refractivity contribution is 5.99. The van der Waals surface area contributed by atoms with Crippen molar-refractivity contribution in [1.82, 2.24) is 4.98 Å². The summed E-state index contributed by atoms with van der Waals surface area (Å²) in [7, 11) is 3.25. The van der Waals surface area contributed by atoms with E-state index in [1.54, 1.807) is 32.6 Å². The highest BCUT2D eigenvalue weighted by Crippen LogP contribution is 2.25. The van der Waals surface area contributed by atoms with Crippen LogP contribution in [0.5, 0.6) is 11.5 Å². The van der Waals surface area contributed by atoms with Crippen LogP contribution in [-0.4, -0.2) is 25.1 Å². The van der Waals surface area contributed by atoms with Gasteiger partial charge in [0.2, 0.25) is 5.91 Å². The van der Waals surface area contributed by atoms with Crippen molar-refractivity contribution in [3.8, 4) is 11.5 Å². The molecule has 0 fully saturated rings. The maximum atomic E-state index is 11.7.